The summed E-state index contributed by atoms with van der Waals surface area (Å²) in [7, 11) is 1.65. The zero-order valence-corrected chi connectivity index (χ0v) is 15.8. The van der Waals surface area contributed by atoms with Crippen molar-refractivity contribution in [3.05, 3.63) is 60.3 Å². The zero-order chi connectivity index (χ0) is 20.2. The van der Waals surface area contributed by atoms with Crippen LogP contribution < -0.4 is 19.9 Å². The Bertz CT molecular complexity index is 977. The SMILES string of the molecule is COc1ccc(N2CCN(c3nncc(Nc4ccc(F)c(F)c4)n3)CC2)cc1. The Morgan fingerprint density at radius 1 is 0.931 bits per heavy atom. The average molecular weight is 398 g/mol. The molecule has 0 unspecified atom stereocenters. The first kappa shape index (κ1) is 18.9. The van der Waals surface area contributed by atoms with Crippen molar-refractivity contribution in [1.82, 2.24) is 15.2 Å². The number of halogens is 2. The second kappa shape index (κ2) is 8.26. The van der Waals surface area contributed by atoms with Crippen molar-refractivity contribution in [3.63, 3.8) is 0 Å². The van der Waals surface area contributed by atoms with Gasteiger partial charge in [0.05, 0.1) is 13.3 Å². The monoisotopic (exact) mass is 398 g/mol. The number of hydrogen-bond donors (Lipinski definition) is 1. The van der Waals surface area contributed by atoms with Gasteiger partial charge in [0.2, 0.25) is 5.95 Å². The lowest BCUT2D eigenvalue weighted by molar-refractivity contribution is 0.415. The Hall–Kier alpha value is -3.49. The van der Waals surface area contributed by atoms with E-state index in [0.717, 1.165) is 49.7 Å². The topological polar surface area (TPSA) is 66.4 Å². The van der Waals surface area contributed by atoms with E-state index < -0.39 is 11.6 Å². The number of nitrogens with zero attached hydrogens (tertiary/aromatic N) is 5. The lowest BCUT2D eigenvalue weighted by Crippen LogP contribution is -2.47. The molecule has 7 nitrogen and oxygen atoms in total. The quantitative estimate of drug-likeness (QED) is 0.708. The lowest BCUT2D eigenvalue weighted by atomic mass is 10.2. The number of ether oxygens (including phenoxy) is 1. The average Bonchev–Trinajstić information content (AvgIpc) is 2.77. The maximum Gasteiger partial charge on any atom is 0.247 e. The number of hydrogen-bond acceptors (Lipinski definition) is 7. The van der Waals surface area contributed by atoms with Gasteiger partial charge < -0.3 is 19.9 Å². The van der Waals surface area contributed by atoms with Crippen molar-refractivity contribution >= 4 is 23.1 Å². The summed E-state index contributed by atoms with van der Waals surface area (Å²) in [4.78, 5) is 8.78. The summed E-state index contributed by atoms with van der Waals surface area (Å²) in [5.41, 5.74) is 1.53. The molecule has 3 aromatic rings. The van der Waals surface area contributed by atoms with Crippen molar-refractivity contribution in [1.29, 1.82) is 0 Å². The number of benzene rings is 2. The van der Waals surface area contributed by atoms with Crippen molar-refractivity contribution in [2.75, 3.05) is 48.4 Å². The molecule has 0 aliphatic carbocycles. The summed E-state index contributed by atoms with van der Waals surface area (Å²) in [6.07, 6.45) is 1.44. The lowest BCUT2D eigenvalue weighted by Gasteiger charge is -2.36. The molecule has 0 bridgehead atoms. The fraction of sp³-hybridized carbons (Fsp3) is 0.250. The molecule has 2 aromatic carbocycles. The summed E-state index contributed by atoms with van der Waals surface area (Å²) in [5, 5.41) is 11.0. The first-order chi connectivity index (χ1) is 14.1. The summed E-state index contributed by atoms with van der Waals surface area (Å²) in [6.45, 7) is 3.11. The van der Waals surface area contributed by atoms with Crippen LogP contribution in [-0.4, -0.2) is 48.5 Å². The minimum absolute atomic E-state index is 0.389. The Kier molecular flexibility index (Phi) is 5.37. The molecule has 29 heavy (non-hydrogen) atoms. The fourth-order valence-electron chi connectivity index (χ4n) is 3.17. The minimum Gasteiger partial charge on any atom is -0.497 e. The van der Waals surface area contributed by atoms with Crippen LogP contribution in [0.1, 0.15) is 0 Å². The van der Waals surface area contributed by atoms with Gasteiger partial charge in [0.25, 0.3) is 0 Å². The number of aromatic nitrogens is 3. The van der Waals surface area contributed by atoms with Crippen LogP contribution in [0.2, 0.25) is 0 Å². The highest BCUT2D eigenvalue weighted by molar-refractivity contribution is 5.56. The maximum absolute atomic E-state index is 13.4. The molecule has 1 aromatic heterocycles. The summed E-state index contributed by atoms with van der Waals surface area (Å²) < 4.78 is 31.7. The van der Waals surface area contributed by atoms with E-state index >= 15 is 0 Å². The maximum atomic E-state index is 13.4. The molecular weight excluding hydrogens is 378 g/mol. The Morgan fingerprint density at radius 2 is 1.66 bits per heavy atom. The number of anilines is 4. The van der Waals surface area contributed by atoms with Crippen molar-refractivity contribution in [3.8, 4) is 5.75 Å². The third-order valence-electron chi connectivity index (χ3n) is 4.74. The van der Waals surface area contributed by atoms with E-state index in [4.69, 9.17) is 4.74 Å². The third kappa shape index (κ3) is 4.34. The van der Waals surface area contributed by atoms with Gasteiger partial charge in [0.1, 0.15) is 5.75 Å². The van der Waals surface area contributed by atoms with Crippen LogP contribution in [0, 0.1) is 11.6 Å². The van der Waals surface area contributed by atoms with E-state index in [-0.39, 0.29) is 0 Å². The van der Waals surface area contributed by atoms with Gasteiger partial charge in [-0.3, -0.25) is 0 Å². The first-order valence-electron chi connectivity index (χ1n) is 9.18. The van der Waals surface area contributed by atoms with E-state index in [2.05, 4.69) is 25.4 Å². The predicted molar refractivity (Wildman–Crippen MR) is 107 cm³/mol. The number of methoxy groups -OCH3 is 1. The summed E-state index contributed by atoms with van der Waals surface area (Å²) in [5.74, 6) is -0.0820. The minimum atomic E-state index is -0.924. The molecule has 1 aliphatic heterocycles. The van der Waals surface area contributed by atoms with Gasteiger partial charge in [-0.25, -0.2) is 8.78 Å². The highest BCUT2D eigenvalue weighted by Gasteiger charge is 2.20. The second-order valence-corrected chi connectivity index (χ2v) is 6.57. The second-order valence-electron chi connectivity index (χ2n) is 6.57. The Labute approximate surface area is 167 Å². The highest BCUT2D eigenvalue weighted by atomic mass is 19.2. The molecule has 0 amide bonds. The molecule has 0 saturated carbocycles. The summed E-state index contributed by atoms with van der Waals surface area (Å²) in [6, 6.07) is 11.5. The number of piperazine rings is 1. The zero-order valence-electron chi connectivity index (χ0n) is 15.8. The van der Waals surface area contributed by atoms with E-state index in [1.165, 1.54) is 12.3 Å². The number of rotatable bonds is 5. The van der Waals surface area contributed by atoms with Gasteiger partial charge in [-0.05, 0) is 36.4 Å². The molecule has 1 fully saturated rings. The van der Waals surface area contributed by atoms with Gasteiger partial charge in [-0.1, -0.05) is 0 Å². The molecule has 0 atom stereocenters. The van der Waals surface area contributed by atoms with E-state index in [1.54, 1.807) is 7.11 Å². The van der Waals surface area contributed by atoms with Crippen molar-refractivity contribution < 1.29 is 13.5 Å². The van der Waals surface area contributed by atoms with Crippen molar-refractivity contribution in [2.24, 2.45) is 0 Å². The molecule has 2 heterocycles. The van der Waals surface area contributed by atoms with Crippen LogP contribution >= 0.6 is 0 Å². The molecule has 9 heteroatoms. The molecule has 150 valence electrons. The molecule has 1 N–H and O–H groups in total. The highest BCUT2D eigenvalue weighted by Crippen LogP contribution is 2.22. The van der Waals surface area contributed by atoms with Crippen LogP contribution in [0.25, 0.3) is 0 Å². The fourth-order valence-corrected chi connectivity index (χ4v) is 3.17. The van der Waals surface area contributed by atoms with Gasteiger partial charge in [0, 0.05) is 43.6 Å². The van der Waals surface area contributed by atoms with Crippen LogP contribution in [0.4, 0.5) is 31.9 Å². The van der Waals surface area contributed by atoms with Gasteiger partial charge in [0.15, 0.2) is 17.5 Å². The van der Waals surface area contributed by atoms with Gasteiger partial charge in [-0.15, -0.1) is 5.10 Å². The van der Waals surface area contributed by atoms with Crippen molar-refractivity contribution in [2.45, 2.75) is 0 Å². The molecule has 0 radical (unpaired) electrons. The predicted octanol–water partition coefficient (Wildman–Crippen LogP) is 3.23. The van der Waals surface area contributed by atoms with E-state index in [9.17, 15) is 8.78 Å². The Balaban J connectivity index is 1.40. The van der Waals surface area contributed by atoms with Gasteiger partial charge in [-0.2, -0.15) is 10.1 Å². The molecular formula is C20H20F2N6O. The normalized spacial score (nSPS) is 14.0. The third-order valence-corrected chi connectivity index (χ3v) is 4.74. The molecule has 0 spiro atoms. The first-order valence-corrected chi connectivity index (χ1v) is 9.18. The van der Waals surface area contributed by atoms with Crippen LogP contribution in [0.15, 0.2) is 48.7 Å². The van der Waals surface area contributed by atoms with Crippen LogP contribution in [0.3, 0.4) is 0 Å². The number of nitrogens with one attached hydrogen (secondary N) is 1. The van der Waals surface area contributed by atoms with Crippen LogP contribution in [0.5, 0.6) is 5.75 Å². The van der Waals surface area contributed by atoms with E-state index in [0.29, 0.717) is 17.5 Å². The van der Waals surface area contributed by atoms with Crippen LogP contribution in [-0.2, 0) is 0 Å². The van der Waals surface area contributed by atoms with E-state index in [1.807, 2.05) is 29.2 Å². The standard InChI is InChI=1S/C20H20F2N6O/c1-29-16-5-3-15(4-6-16)27-8-10-28(11-9-27)20-25-19(13-23-26-20)24-14-2-7-17(21)18(22)12-14/h2-7,12-13H,8-11H2,1H3,(H,24,25,26). The largest absolute Gasteiger partial charge is 0.497 e. The summed E-state index contributed by atoms with van der Waals surface area (Å²) >= 11 is 0. The smallest absolute Gasteiger partial charge is 0.247 e. The van der Waals surface area contributed by atoms with Gasteiger partial charge >= 0.3 is 0 Å². The molecule has 1 saturated heterocycles. The Morgan fingerprint density at radius 3 is 2.34 bits per heavy atom. The molecule has 1 aliphatic rings. The molecule has 4 rings (SSSR count).